The molecule has 0 saturated heterocycles. The van der Waals surface area contributed by atoms with Crippen LogP contribution < -0.4 is 5.32 Å². The molecule has 2 nitrogen and oxygen atoms in total. The van der Waals surface area contributed by atoms with Gasteiger partial charge in [-0.05, 0) is 28.1 Å². The molecule has 0 unspecified atom stereocenters. The van der Waals surface area contributed by atoms with Crippen molar-refractivity contribution in [1.82, 2.24) is 5.32 Å². The lowest BCUT2D eigenvalue weighted by Crippen LogP contribution is -2.27. The third-order valence-electron chi connectivity index (χ3n) is 1.21. The first-order valence-electron chi connectivity index (χ1n) is 3.41. The Bertz CT molecular complexity index is 302. The van der Waals surface area contributed by atoms with Gasteiger partial charge in [-0.3, -0.25) is 4.79 Å². The summed E-state index contributed by atoms with van der Waals surface area (Å²) in [5.74, 6) is -0.462. The lowest BCUT2D eigenvalue weighted by atomic mass is 10.4. The highest BCUT2D eigenvalue weighted by Gasteiger charge is 2.10. The van der Waals surface area contributed by atoms with E-state index in [1.165, 1.54) is 11.3 Å². The number of hydrogen-bond acceptors (Lipinski definition) is 2. The van der Waals surface area contributed by atoms with Gasteiger partial charge in [0, 0.05) is 0 Å². The van der Waals surface area contributed by atoms with Crippen molar-refractivity contribution in [2.45, 2.75) is 6.43 Å². The molecular formula is C7H6BrF2NOS. The van der Waals surface area contributed by atoms with Crippen LogP contribution in [0.25, 0.3) is 0 Å². The van der Waals surface area contributed by atoms with Gasteiger partial charge < -0.3 is 5.32 Å². The first kappa shape index (κ1) is 10.6. The Balaban J connectivity index is 2.49. The van der Waals surface area contributed by atoms with Crippen molar-refractivity contribution < 1.29 is 13.6 Å². The average Bonchev–Trinajstić information content (AvgIpc) is 2.47. The van der Waals surface area contributed by atoms with Gasteiger partial charge in [-0.25, -0.2) is 8.78 Å². The monoisotopic (exact) mass is 269 g/mol. The standard InChI is InChI=1S/C7H6BrF2NOS/c8-5-2-1-4(13-5)7(12)11-3-6(9)10/h1-2,6H,3H2,(H,11,12). The second-order valence-corrected chi connectivity index (χ2v) is 4.67. The number of thiophene rings is 1. The summed E-state index contributed by atoms with van der Waals surface area (Å²) in [4.78, 5) is 11.5. The average molecular weight is 270 g/mol. The molecule has 1 rings (SSSR count). The predicted octanol–water partition coefficient (Wildman–Crippen LogP) is 2.51. The van der Waals surface area contributed by atoms with Gasteiger partial charge in [-0.1, -0.05) is 0 Å². The molecule has 72 valence electrons. The number of amides is 1. The normalized spacial score (nSPS) is 10.5. The Morgan fingerprint density at radius 3 is 2.77 bits per heavy atom. The second-order valence-electron chi connectivity index (χ2n) is 2.20. The van der Waals surface area contributed by atoms with Crippen molar-refractivity contribution in [3.8, 4) is 0 Å². The maximum atomic E-state index is 11.7. The van der Waals surface area contributed by atoms with Crippen molar-refractivity contribution in [2.75, 3.05) is 6.54 Å². The molecule has 1 heterocycles. The Labute approximate surface area is 86.1 Å². The molecule has 0 fully saturated rings. The SMILES string of the molecule is O=C(NCC(F)F)c1ccc(Br)s1. The molecule has 0 spiro atoms. The van der Waals surface area contributed by atoms with Crippen LogP contribution in [-0.4, -0.2) is 18.9 Å². The molecule has 6 heteroatoms. The molecule has 0 atom stereocenters. The van der Waals surface area contributed by atoms with Crippen LogP contribution in [0.1, 0.15) is 9.67 Å². The van der Waals surface area contributed by atoms with Crippen LogP contribution in [0.5, 0.6) is 0 Å². The largest absolute Gasteiger partial charge is 0.346 e. The predicted molar refractivity (Wildman–Crippen MR) is 50.4 cm³/mol. The van der Waals surface area contributed by atoms with Crippen LogP contribution in [0.2, 0.25) is 0 Å². The lowest BCUT2D eigenvalue weighted by Gasteiger charge is -2.00. The van der Waals surface area contributed by atoms with Gasteiger partial charge in [0.05, 0.1) is 15.2 Å². The number of hydrogen-bond donors (Lipinski definition) is 1. The number of halogens is 3. The van der Waals surface area contributed by atoms with E-state index in [1.807, 2.05) is 0 Å². The van der Waals surface area contributed by atoms with E-state index >= 15 is 0 Å². The summed E-state index contributed by atoms with van der Waals surface area (Å²) in [7, 11) is 0. The molecule has 0 aliphatic carbocycles. The first-order valence-corrected chi connectivity index (χ1v) is 5.02. The van der Waals surface area contributed by atoms with E-state index in [1.54, 1.807) is 12.1 Å². The summed E-state index contributed by atoms with van der Waals surface area (Å²) in [6, 6.07) is 3.28. The van der Waals surface area contributed by atoms with Crippen molar-refractivity contribution in [2.24, 2.45) is 0 Å². The third kappa shape index (κ3) is 3.40. The Kier molecular flexibility index (Phi) is 3.80. The van der Waals surface area contributed by atoms with E-state index in [9.17, 15) is 13.6 Å². The molecule has 0 bridgehead atoms. The van der Waals surface area contributed by atoms with Gasteiger partial charge >= 0.3 is 0 Å². The summed E-state index contributed by atoms with van der Waals surface area (Å²) in [5, 5.41) is 2.11. The molecule has 1 amide bonds. The zero-order chi connectivity index (χ0) is 9.84. The highest BCUT2D eigenvalue weighted by Crippen LogP contribution is 2.21. The van der Waals surface area contributed by atoms with Gasteiger partial charge in [0.15, 0.2) is 0 Å². The van der Waals surface area contributed by atoms with Crippen LogP contribution in [0.4, 0.5) is 8.78 Å². The van der Waals surface area contributed by atoms with Gasteiger partial charge in [-0.2, -0.15) is 0 Å². The summed E-state index contributed by atoms with van der Waals surface area (Å²) in [5.41, 5.74) is 0. The van der Waals surface area contributed by atoms with Gasteiger partial charge in [0.1, 0.15) is 0 Å². The summed E-state index contributed by atoms with van der Waals surface area (Å²) >= 11 is 4.38. The summed E-state index contributed by atoms with van der Waals surface area (Å²) in [6.07, 6.45) is -2.51. The fourth-order valence-corrected chi connectivity index (χ4v) is 2.00. The molecule has 1 aromatic heterocycles. The van der Waals surface area contributed by atoms with E-state index < -0.39 is 18.9 Å². The minimum atomic E-state index is -2.51. The third-order valence-corrected chi connectivity index (χ3v) is 2.84. The zero-order valence-corrected chi connectivity index (χ0v) is 8.79. The molecule has 1 N–H and O–H groups in total. The maximum absolute atomic E-state index is 11.7. The molecule has 0 aliphatic heterocycles. The Morgan fingerprint density at radius 1 is 1.62 bits per heavy atom. The van der Waals surface area contributed by atoms with Crippen molar-refractivity contribution in [3.63, 3.8) is 0 Å². The van der Waals surface area contributed by atoms with E-state index in [0.717, 1.165) is 3.79 Å². The molecule has 1 aromatic rings. The minimum Gasteiger partial charge on any atom is -0.346 e. The smallest absolute Gasteiger partial charge is 0.261 e. The van der Waals surface area contributed by atoms with Gasteiger partial charge in [0.2, 0.25) is 0 Å². The van der Waals surface area contributed by atoms with E-state index in [4.69, 9.17) is 0 Å². The van der Waals surface area contributed by atoms with Crippen LogP contribution in [-0.2, 0) is 0 Å². The Hall–Kier alpha value is -0.490. The van der Waals surface area contributed by atoms with Gasteiger partial charge in [0.25, 0.3) is 12.3 Å². The Morgan fingerprint density at radius 2 is 2.31 bits per heavy atom. The molecule has 13 heavy (non-hydrogen) atoms. The summed E-state index contributed by atoms with van der Waals surface area (Å²) in [6.45, 7) is -0.603. The van der Waals surface area contributed by atoms with Gasteiger partial charge in [-0.15, -0.1) is 11.3 Å². The van der Waals surface area contributed by atoms with Crippen LogP contribution in [0.15, 0.2) is 15.9 Å². The van der Waals surface area contributed by atoms with Crippen LogP contribution in [0.3, 0.4) is 0 Å². The van der Waals surface area contributed by atoms with Crippen molar-refractivity contribution in [1.29, 1.82) is 0 Å². The maximum Gasteiger partial charge on any atom is 0.261 e. The highest BCUT2D eigenvalue weighted by atomic mass is 79.9. The number of carbonyl (C=O) groups excluding carboxylic acids is 1. The first-order chi connectivity index (χ1) is 6.09. The highest BCUT2D eigenvalue weighted by molar-refractivity contribution is 9.11. The second kappa shape index (κ2) is 4.66. The molecule has 0 radical (unpaired) electrons. The molecule has 0 saturated carbocycles. The van der Waals surface area contributed by atoms with E-state index in [0.29, 0.717) is 4.88 Å². The quantitative estimate of drug-likeness (QED) is 0.898. The van der Waals surface area contributed by atoms with E-state index in [2.05, 4.69) is 21.2 Å². The fourth-order valence-electron chi connectivity index (χ4n) is 0.693. The molecular weight excluding hydrogens is 264 g/mol. The topological polar surface area (TPSA) is 29.1 Å². The number of rotatable bonds is 3. The lowest BCUT2D eigenvalue weighted by molar-refractivity contribution is 0.0895. The molecule has 0 aliphatic rings. The minimum absolute atomic E-state index is 0.424. The van der Waals surface area contributed by atoms with Crippen LogP contribution >= 0.6 is 27.3 Å². The fraction of sp³-hybridized carbons (Fsp3) is 0.286. The van der Waals surface area contributed by atoms with E-state index in [-0.39, 0.29) is 0 Å². The van der Waals surface area contributed by atoms with Crippen LogP contribution in [0, 0.1) is 0 Å². The van der Waals surface area contributed by atoms with Crippen molar-refractivity contribution >= 4 is 33.2 Å². The van der Waals surface area contributed by atoms with Crippen molar-refractivity contribution in [3.05, 3.63) is 20.8 Å². The summed E-state index contributed by atoms with van der Waals surface area (Å²) < 4.78 is 24.2. The number of nitrogens with one attached hydrogen (secondary N) is 1. The number of carbonyl (C=O) groups is 1. The number of alkyl halides is 2. The zero-order valence-electron chi connectivity index (χ0n) is 6.39. The molecule has 0 aromatic carbocycles.